The van der Waals surface area contributed by atoms with Gasteiger partial charge in [-0.1, -0.05) is 36.4 Å². The number of carbonyl (C=O) groups excluding carboxylic acids is 1. The Labute approximate surface area is 115 Å². The highest BCUT2D eigenvalue weighted by atomic mass is 16.4. The van der Waals surface area contributed by atoms with Crippen LogP contribution in [0.5, 0.6) is 0 Å². The molecular weight excluding hydrogens is 258 g/mol. The van der Waals surface area contributed by atoms with Gasteiger partial charge in [0.2, 0.25) is 0 Å². The molecule has 104 valence electrons. The van der Waals surface area contributed by atoms with Crippen LogP contribution in [0.3, 0.4) is 0 Å². The van der Waals surface area contributed by atoms with Crippen molar-refractivity contribution in [3.05, 3.63) is 48.0 Å². The first-order chi connectivity index (χ1) is 9.50. The Balaban J connectivity index is 2.34. The predicted octanol–water partition coefficient (Wildman–Crippen LogP) is 1.40. The molecule has 0 saturated carbocycles. The highest BCUT2D eigenvalue weighted by Crippen LogP contribution is 2.18. The topological polar surface area (TPSA) is 86.6 Å². The summed E-state index contributed by atoms with van der Waals surface area (Å²) in [4.78, 5) is 23.2. The van der Waals surface area contributed by atoms with Gasteiger partial charge in [-0.2, -0.15) is 0 Å². The first-order valence-corrected chi connectivity index (χ1v) is 6.20. The first-order valence-electron chi connectivity index (χ1n) is 6.20. The van der Waals surface area contributed by atoms with Crippen molar-refractivity contribution in [3.63, 3.8) is 0 Å². The molecule has 20 heavy (non-hydrogen) atoms. The number of hydrogen-bond donors (Lipinski definition) is 3. The number of aliphatic hydroxyl groups excluding tert-OH is 1. The lowest BCUT2D eigenvalue weighted by molar-refractivity contribution is -0.141. The van der Waals surface area contributed by atoms with Gasteiger partial charge in [0.05, 0.1) is 6.10 Å². The van der Waals surface area contributed by atoms with Crippen LogP contribution in [0.25, 0.3) is 10.8 Å². The molecule has 0 bridgehead atoms. The molecule has 2 aromatic carbocycles. The Hall–Kier alpha value is -2.40. The molecule has 0 spiro atoms. The normalized spacial score (nSPS) is 13.7. The van der Waals surface area contributed by atoms with Crippen LogP contribution in [-0.2, 0) is 4.79 Å². The van der Waals surface area contributed by atoms with Crippen LogP contribution in [0.4, 0.5) is 0 Å². The van der Waals surface area contributed by atoms with Crippen molar-refractivity contribution in [1.29, 1.82) is 0 Å². The zero-order chi connectivity index (χ0) is 14.7. The maximum Gasteiger partial charge on any atom is 0.328 e. The van der Waals surface area contributed by atoms with E-state index in [9.17, 15) is 14.7 Å². The maximum absolute atomic E-state index is 12.2. The summed E-state index contributed by atoms with van der Waals surface area (Å²) in [6.07, 6.45) is -1.17. The largest absolute Gasteiger partial charge is 0.480 e. The summed E-state index contributed by atoms with van der Waals surface area (Å²) in [5.74, 6) is -1.79. The molecule has 0 unspecified atom stereocenters. The number of carboxylic acid groups (broad SMARTS) is 1. The number of benzene rings is 2. The highest BCUT2D eigenvalue weighted by molar-refractivity contribution is 6.07. The van der Waals surface area contributed by atoms with E-state index in [1.165, 1.54) is 6.92 Å². The van der Waals surface area contributed by atoms with E-state index in [-0.39, 0.29) is 0 Å². The zero-order valence-corrected chi connectivity index (χ0v) is 10.9. The standard InChI is InChI=1S/C15H15NO4/c1-9(17)13(15(19)20)16-14(18)12-8-4-6-10-5-2-3-7-11(10)12/h2-9,13,17H,1H3,(H,16,18)(H,19,20)/t9-,13+/m0/s1. The Morgan fingerprint density at radius 3 is 2.40 bits per heavy atom. The minimum absolute atomic E-state index is 0.384. The van der Waals surface area contributed by atoms with Gasteiger partial charge >= 0.3 is 5.97 Å². The third-order valence-corrected chi connectivity index (χ3v) is 3.07. The molecule has 0 aliphatic rings. The second-order valence-electron chi connectivity index (χ2n) is 4.56. The van der Waals surface area contributed by atoms with Crippen LogP contribution >= 0.6 is 0 Å². The van der Waals surface area contributed by atoms with E-state index in [1.807, 2.05) is 24.3 Å². The fourth-order valence-corrected chi connectivity index (χ4v) is 2.03. The van der Waals surface area contributed by atoms with Crippen molar-refractivity contribution in [2.24, 2.45) is 0 Å². The van der Waals surface area contributed by atoms with Gasteiger partial charge in [0.25, 0.3) is 5.91 Å². The summed E-state index contributed by atoms with van der Waals surface area (Å²) >= 11 is 0. The predicted molar refractivity (Wildman–Crippen MR) is 74.5 cm³/mol. The summed E-state index contributed by atoms with van der Waals surface area (Å²) in [7, 11) is 0. The zero-order valence-electron chi connectivity index (χ0n) is 10.9. The number of fused-ring (bicyclic) bond motifs is 1. The third kappa shape index (κ3) is 2.78. The molecule has 1 amide bonds. The Morgan fingerprint density at radius 2 is 1.75 bits per heavy atom. The van der Waals surface area contributed by atoms with Crippen molar-refractivity contribution >= 4 is 22.6 Å². The number of aliphatic hydroxyl groups is 1. The SMILES string of the molecule is C[C@H](O)[C@@H](NC(=O)c1cccc2ccccc12)C(=O)O. The average Bonchev–Trinajstić information content (AvgIpc) is 2.43. The van der Waals surface area contributed by atoms with Gasteiger partial charge in [-0.25, -0.2) is 4.79 Å². The number of rotatable bonds is 4. The van der Waals surface area contributed by atoms with Crippen molar-refractivity contribution in [3.8, 4) is 0 Å². The average molecular weight is 273 g/mol. The first kappa shape index (κ1) is 14.0. The summed E-state index contributed by atoms with van der Waals surface area (Å²) in [5, 5.41) is 22.3. The molecule has 2 atom stereocenters. The summed E-state index contributed by atoms with van der Waals surface area (Å²) in [6.45, 7) is 1.32. The molecule has 0 aliphatic heterocycles. The molecule has 0 aliphatic carbocycles. The van der Waals surface area contributed by atoms with E-state index in [0.717, 1.165) is 10.8 Å². The number of nitrogens with one attached hydrogen (secondary N) is 1. The molecule has 2 rings (SSSR count). The van der Waals surface area contributed by atoms with Crippen molar-refractivity contribution in [1.82, 2.24) is 5.32 Å². The van der Waals surface area contributed by atoms with Gasteiger partial charge in [0.15, 0.2) is 6.04 Å². The number of aliphatic carboxylic acids is 1. The minimum atomic E-state index is -1.33. The van der Waals surface area contributed by atoms with Gasteiger partial charge < -0.3 is 15.5 Å². The number of carboxylic acids is 1. The molecule has 0 aromatic heterocycles. The quantitative estimate of drug-likeness (QED) is 0.786. The van der Waals surface area contributed by atoms with Gasteiger partial charge in [-0.05, 0) is 23.8 Å². The molecule has 5 nitrogen and oxygen atoms in total. The maximum atomic E-state index is 12.2. The molecule has 0 heterocycles. The van der Waals surface area contributed by atoms with Crippen LogP contribution in [0, 0.1) is 0 Å². The Kier molecular flexibility index (Phi) is 4.00. The fourth-order valence-electron chi connectivity index (χ4n) is 2.03. The summed E-state index contributed by atoms with van der Waals surface area (Å²) < 4.78 is 0. The molecule has 5 heteroatoms. The van der Waals surface area contributed by atoms with E-state index in [2.05, 4.69) is 5.32 Å². The number of amides is 1. The van der Waals surface area contributed by atoms with E-state index in [1.54, 1.807) is 18.2 Å². The highest BCUT2D eigenvalue weighted by Gasteiger charge is 2.25. The second-order valence-corrected chi connectivity index (χ2v) is 4.56. The second kappa shape index (κ2) is 5.71. The lowest BCUT2D eigenvalue weighted by Gasteiger charge is -2.17. The van der Waals surface area contributed by atoms with Crippen LogP contribution in [0.2, 0.25) is 0 Å². The summed E-state index contributed by atoms with van der Waals surface area (Å²) in [5.41, 5.74) is 0.384. The molecule has 0 radical (unpaired) electrons. The lowest BCUT2D eigenvalue weighted by atomic mass is 10.0. The molecule has 2 aromatic rings. The van der Waals surface area contributed by atoms with Crippen LogP contribution in [0.1, 0.15) is 17.3 Å². The van der Waals surface area contributed by atoms with E-state index >= 15 is 0 Å². The van der Waals surface area contributed by atoms with Gasteiger partial charge in [-0.3, -0.25) is 4.79 Å². The third-order valence-electron chi connectivity index (χ3n) is 3.07. The molecule has 0 fully saturated rings. The van der Waals surface area contributed by atoms with Crippen molar-refractivity contribution < 1.29 is 19.8 Å². The van der Waals surface area contributed by atoms with E-state index < -0.39 is 24.0 Å². The smallest absolute Gasteiger partial charge is 0.328 e. The van der Waals surface area contributed by atoms with Crippen molar-refractivity contribution in [2.75, 3.05) is 0 Å². The van der Waals surface area contributed by atoms with Crippen LogP contribution in [-0.4, -0.2) is 34.2 Å². The van der Waals surface area contributed by atoms with E-state index in [0.29, 0.717) is 5.56 Å². The van der Waals surface area contributed by atoms with Gasteiger partial charge in [0, 0.05) is 5.56 Å². The molecule has 0 saturated heterocycles. The minimum Gasteiger partial charge on any atom is -0.480 e. The van der Waals surface area contributed by atoms with Crippen LogP contribution in [0.15, 0.2) is 42.5 Å². The molecular formula is C15H15NO4. The lowest BCUT2D eigenvalue weighted by Crippen LogP contribution is -2.47. The van der Waals surface area contributed by atoms with Gasteiger partial charge in [-0.15, -0.1) is 0 Å². The van der Waals surface area contributed by atoms with Crippen molar-refractivity contribution in [2.45, 2.75) is 19.1 Å². The van der Waals surface area contributed by atoms with E-state index in [4.69, 9.17) is 5.11 Å². The van der Waals surface area contributed by atoms with Gasteiger partial charge in [0.1, 0.15) is 0 Å². The summed E-state index contributed by atoms with van der Waals surface area (Å²) in [6, 6.07) is 11.2. The monoisotopic (exact) mass is 273 g/mol. The fraction of sp³-hybridized carbons (Fsp3) is 0.200. The number of carbonyl (C=O) groups is 2. The number of hydrogen-bond acceptors (Lipinski definition) is 3. The molecule has 3 N–H and O–H groups in total. The van der Waals surface area contributed by atoms with Crippen LogP contribution < -0.4 is 5.32 Å². The Bertz CT molecular complexity index is 646. The Morgan fingerprint density at radius 1 is 1.10 bits per heavy atom.